The smallest absolute Gasteiger partial charge is 0.315 e. The third kappa shape index (κ3) is 6.23. The van der Waals surface area contributed by atoms with Gasteiger partial charge in [0.05, 0.1) is 6.20 Å². The van der Waals surface area contributed by atoms with Crippen molar-refractivity contribution in [1.82, 2.24) is 20.4 Å². The van der Waals surface area contributed by atoms with Gasteiger partial charge in [-0.1, -0.05) is 32.0 Å². The minimum atomic E-state index is -0.173. The number of carbonyl (C=O) groups excluding carboxylic acids is 1. The topological polar surface area (TPSA) is 79.2 Å². The number of aromatic nitrogens is 2. The molecule has 2 rings (SSSR count). The van der Waals surface area contributed by atoms with Crippen molar-refractivity contribution in [3.05, 3.63) is 42.2 Å². The number of urea groups is 1. The fourth-order valence-electron chi connectivity index (χ4n) is 2.52. The van der Waals surface area contributed by atoms with Gasteiger partial charge in [0.2, 0.25) is 0 Å². The average Bonchev–Trinajstić information content (AvgIpc) is 3.04. The summed E-state index contributed by atoms with van der Waals surface area (Å²) in [5.74, 6) is 0. The summed E-state index contributed by atoms with van der Waals surface area (Å²) in [6.07, 6.45) is 5.51. The van der Waals surface area contributed by atoms with Gasteiger partial charge in [0.1, 0.15) is 0 Å². The summed E-state index contributed by atoms with van der Waals surface area (Å²) in [7, 11) is 1.89. The van der Waals surface area contributed by atoms with Crippen LogP contribution in [-0.4, -0.2) is 34.1 Å². The van der Waals surface area contributed by atoms with Crippen molar-refractivity contribution in [2.24, 2.45) is 12.5 Å². The Morgan fingerprint density at radius 3 is 2.76 bits per heavy atom. The second-order valence-corrected chi connectivity index (χ2v) is 7.14. The predicted molar refractivity (Wildman–Crippen MR) is 99.0 cm³/mol. The first kappa shape index (κ1) is 19.0. The van der Waals surface area contributed by atoms with Crippen LogP contribution in [0.2, 0.25) is 0 Å². The number of nitrogens with zero attached hydrogens (tertiary/aromatic N) is 2. The summed E-state index contributed by atoms with van der Waals surface area (Å²) in [5, 5.41) is 19.1. The maximum Gasteiger partial charge on any atom is 0.315 e. The van der Waals surface area contributed by atoms with E-state index in [4.69, 9.17) is 0 Å². The number of amides is 2. The van der Waals surface area contributed by atoms with Gasteiger partial charge in [0.25, 0.3) is 0 Å². The lowest BCUT2D eigenvalue weighted by Crippen LogP contribution is -2.36. The molecule has 0 aliphatic carbocycles. The summed E-state index contributed by atoms with van der Waals surface area (Å²) in [6.45, 7) is 5.27. The number of aryl methyl sites for hydroxylation is 1. The summed E-state index contributed by atoms with van der Waals surface area (Å²) >= 11 is 0. The molecule has 0 saturated carbocycles. The Hall–Kier alpha value is -2.34. The lowest BCUT2D eigenvalue weighted by Gasteiger charge is -2.21. The van der Waals surface area contributed by atoms with Gasteiger partial charge in [0.15, 0.2) is 0 Å². The zero-order valence-electron chi connectivity index (χ0n) is 15.2. The van der Waals surface area contributed by atoms with E-state index < -0.39 is 0 Å². The lowest BCUT2D eigenvalue weighted by atomic mass is 9.89. The van der Waals surface area contributed by atoms with Crippen molar-refractivity contribution >= 4 is 6.03 Å². The van der Waals surface area contributed by atoms with E-state index in [0.717, 1.165) is 29.5 Å². The molecule has 0 spiro atoms. The number of nitrogens with one attached hydrogen (secondary N) is 2. The van der Waals surface area contributed by atoms with Crippen molar-refractivity contribution in [3.63, 3.8) is 0 Å². The van der Waals surface area contributed by atoms with E-state index in [9.17, 15) is 9.90 Å². The molecule has 0 radical (unpaired) electrons. The van der Waals surface area contributed by atoms with Crippen molar-refractivity contribution in [3.8, 4) is 11.1 Å². The number of aliphatic hydroxyl groups excluding tert-OH is 1. The van der Waals surface area contributed by atoms with E-state index in [1.807, 2.05) is 51.5 Å². The highest BCUT2D eigenvalue weighted by Crippen LogP contribution is 2.20. The Balaban J connectivity index is 1.76. The van der Waals surface area contributed by atoms with Crippen molar-refractivity contribution in [2.75, 3.05) is 13.2 Å². The van der Waals surface area contributed by atoms with Gasteiger partial charge in [-0.05, 0) is 35.4 Å². The second-order valence-electron chi connectivity index (χ2n) is 7.14. The minimum absolute atomic E-state index is 0.0924. The van der Waals surface area contributed by atoms with Gasteiger partial charge in [0, 0.05) is 38.5 Å². The minimum Gasteiger partial charge on any atom is -0.396 e. The molecule has 25 heavy (non-hydrogen) atoms. The first-order chi connectivity index (χ1) is 11.9. The van der Waals surface area contributed by atoms with E-state index in [1.54, 1.807) is 4.68 Å². The van der Waals surface area contributed by atoms with Gasteiger partial charge >= 0.3 is 6.03 Å². The van der Waals surface area contributed by atoms with Crippen molar-refractivity contribution in [1.29, 1.82) is 0 Å². The SMILES string of the molecule is Cn1cc(-c2cccc(CNC(=O)NCCCC(C)(C)CO)c2)cn1. The average molecular weight is 344 g/mol. The molecule has 0 fully saturated rings. The molecule has 1 heterocycles. The fraction of sp³-hybridized carbons (Fsp3) is 0.474. The summed E-state index contributed by atoms with van der Waals surface area (Å²) in [6, 6.07) is 7.89. The van der Waals surface area contributed by atoms with Crippen LogP contribution in [0.3, 0.4) is 0 Å². The number of benzene rings is 1. The Morgan fingerprint density at radius 2 is 2.08 bits per heavy atom. The summed E-state index contributed by atoms with van der Waals surface area (Å²) in [4.78, 5) is 11.9. The zero-order chi connectivity index (χ0) is 18.3. The lowest BCUT2D eigenvalue weighted by molar-refractivity contribution is 0.148. The normalized spacial score (nSPS) is 11.4. The molecule has 0 bridgehead atoms. The number of rotatable bonds is 8. The summed E-state index contributed by atoms with van der Waals surface area (Å²) in [5.41, 5.74) is 3.09. The maximum atomic E-state index is 11.9. The molecule has 6 heteroatoms. The molecule has 0 atom stereocenters. The highest BCUT2D eigenvalue weighted by atomic mass is 16.3. The van der Waals surface area contributed by atoms with Crippen LogP contribution in [0, 0.1) is 5.41 Å². The second kappa shape index (κ2) is 8.67. The molecule has 0 unspecified atom stereocenters. The van der Waals surface area contributed by atoms with Gasteiger partial charge in [-0.3, -0.25) is 4.68 Å². The maximum absolute atomic E-state index is 11.9. The van der Waals surface area contributed by atoms with Crippen LogP contribution in [-0.2, 0) is 13.6 Å². The van der Waals surface area contributed by atoms with Crippen molar-refractivity contribution < 1.29 is 9.90 Å². The van der Waals surface area contributed by atoms with E-state index in [0.29, 0.717) is 13.1 Å². The van der Waals surface area contributed by atoms with Crippen LogP contribution < -0.4 is 10.6 Å². The third-order valence-electron chi connectivity index (χ3n) is 4.16. The Labute approximate surface area is 149 Å². The molecule has 2 aromatic rings. The van der Waals surface area contributed by atoms with Crippen molar-refractivity contribution in [2.45, 2.75) is 33.2 Å². The molecular weight excluding hydrogens is 316 g/mol. The molecule has 3 N–H and O–H groups in total. The number of carbonyl (C=O) groups is 1. The quantitative estimate of drug-likeness (QED) is 0.644. The summed E-state index contributed by atoms with van der Waals surface area (Å²) < 4.78 is 1.77. The molecule has 0 saturated heterocycles. The van der Waals surface area contributed by atoms with Crippen LogP contribution in [0.5, 0.6) is 0 Å². The van der Waals surface area contributed by atoms with E-state index in [2.05, 4.69) is 21.8 Å². The number of aliphatic hydroxyl groups is 1. The van der Waals surface area contributed by atoms with Gasteiger partial charge in [-0.15, -0.1) is 0 Å². The van der Waals surface area contributed by atoms with E-state index >= 15 is 0 Å². The first-order valence-corrected chi connectivity index (χ1v) is 8.60. The van der Waals surface area contributed by atoms with Gasteiger partial charge < -0.3 is 15.7 Å². The van der Waals surface area contributed by atoms with E-state index in [1.165, 1.54) is 0 Å². The Morgan fingerprint density at radius 1 is 1.28 bits per heavy atom. The standard InChI is InChI=1S/C19H28N4O2/c1-19(2,14-24)8-5-9-20-18(25)21-11-15-6-4-7-16(10-15)17-12-22-23(3)13-17/h4,6-7,10,12-13,24H,5,8-9,11,14H2,1-3H3,(H2,20,21,25). The molecule has 0 aliphatic rings. The number of hydrogen-bond donors (Lipinski definition) is 3. The van der Waals surface area contributed by atoms with Crippen LogP contribution in [0.4, 0.5) is 4.79 Å². The first-order valence-electron chi connectivity index (χ1n) is 8.60. The highest BCUT2D eigenvalue weighted by Gasteiger charge is 2.15. The molecule has 6 nitrogen and oxygen atoms in total. The number of hydrogen-bond acceptors (Lipinski definition) is 3. The Kier molecular flexibility index (Phi) is 6.58. The molecule has 0 aliphatic heterocycles. The molecule has 136 valence electrons. The fourth-order valence-corrected chi connectivity index (χ4v) is 2.52. The van der Waals surface area contributed by atoms with Crippen LogP contribution in [0.25, 0.3) is 11.1 Å². The molecule has 1 aromatic heterocycles. The zero-order valence-corrected chi connectivity index (χ0v) is 15.2. The molecule has 1 aromatic carbocycles. The third-order valence-corrected chi connectivity index (χ3v) is 4.16. The van der Waals surface area contributed by atoms with Gasteiger partial charge in [-0.2, -0.15) is 5.10 Å². The predicted octanol–water partition coefficient (Wildman–Crippen LogP) is 2.69. The largest absolute Gasteiger partial charge is 0.396 e. The van der Waals surface area contributed by atoms with Crippen LogP contribution >= 0.6 is 0 Å². The molecular formula is C19H28N4O2. The highest BCUT2D eigenvalue weighted by molar-refractivity contribution is 5.73. The molecule has 2 amide bonds. The van der Waals surface area contributed by atoms with Gasteiger partial charge in [-0.25, -0.2) is 4.79 Å². The Bertz CT molecular complexity index is 694. The van der Waals surface area contributed by atoms with E-state index in [-0.39, 0.29) is 18.1 Å². The monoisotopic (exact) mass is 344 g/mol. The van der Waals surface area contributed by atoms with Crippen LogP contribution in [0.1, 0.15) is 32.3 Å². The van der Waals surface area contributed by atoms with Crippen LogP contribution in [0.15, 0.2) is 36.7 Å².